The molecule has 0 saturated carbocycles. The smallest absolute Gasteiger partial charge is 0.180 e. The first-order valence-corrected chi connectivity index (χ1v) is 10.2. The van der Waals surface area contributed by atoms with Gasteiger partial charge in [-0.3, -0.25) is 9.08 Å². The lowest BCUT2D eigenvalue weighted by Gasteiger charge is -2.29. The number of rotatable bonds is 4. The van der Waals surface area contributed by atoms with Gasteiger partial charge in [0.05, 0.1) is 18.1 Å². The fourth-order valence-electron chi connectivity index (χ4n) is 3.94. The molecule has 1 fully saturated rings. The highest BCUT2D eigenvalue weighted by atomic mass is 32.1. The van der Waals surface area contributed by atoms with Crippen LogP contribution in [0.3, 0.4) is 0 Å². The van der Waals surface area contributed by atoms with Crippen molar-refractivity contribution in [3.05, 3.63) is 42.7 Å². The van der Waals surface area contributed by atoms with E-state index in [1.807, 2.05) is 42.4 Å². The molecule has 28 heavy (non-hydrogen) atoms. The van der Waals surface area contributed by atoms with Gasteiger partial charge in [0.2, 0.25) is 0 Å². The van der Waals surface area contributed by atoms with Crippen molar-refractivity contribution < 1.29 is 0 Å². The molecule has 1 unspecified atom stereocenters. The van der Waals surface area contributed by atoms with Crippen molar-refractivity contribution in [2.24, 2.45) is 7.05 Å². The second-order valence-corrected chi connectivity index (χ2v) is 8.15. The first-order chi connectivity index (χ1) is 13.7. The molecule has 1 aliphatic heterocycles. The molecule has 5 rings (SSSR count). The second-order valence-electron chi connectivity index (χ2n) is 7.35. The van der Waals surface area contributed by atoms with Crippen molar-refractivity contribution in [2.75, 3.05) is 25.5 Å². The van der Waals surface area contributed by atoms with Crippen molar-refractivity contribution >= 4 is 28.0 Å². The van der Waals surface area contributed by atoms with Crippen molar-refractivity contribution in [1.29, 1.82) is 0 Å². The lowest BCUT2D eigenvalue weighted by Crippen LogP contribution is -2.30. The molecule has 0 aromatic carbocycles. The molecule has 1 saturated heterocycles. The van der Waals surface area contributed by atoms with Gasteiger partial charge in [-0.15, -0.1) is 0 Å². The SMILES string of the molecule is CN1CCCC(c2cnsc2Nc2nccn3c(-c4cnn(C)c4)cnc23)C1. The number of aromatic nitrogens is 6. The van der Waals surface area contributed by atoms with Gasteiger partial charge in [0, 0.05) is 55.4 Å². The van der Waals surface area contributed by atoms with Gasteiger partial charge in [-0.1, -0.05) is 0 Å². The summed E-state index contributed by atoms with van der Waals surface area (Å²) >= 11 is 1.48. The third-order valence-electron chi connectivity index (χ3n) is 5.32. The number of hydrogen-bond donors (Lipinski definition) is 1. The Balaban J connectivity index is 1.48. The van der Waals surface area contributed by atoms with Crippen molar-refractivity contribution in [1.82, 2.24) is 33.4 Å². The van der Waals surface area contributed by atoms with Crippen LogP contribution >= 0.6 is 11.5 Å². The van der Waals surface area contributed by atoms with Crippen LogP contribution in [0.25, 0.3) is 16.9 Å². The summed E-state index contributed by atoms with van der Waals surface area (Å²) in [4.78, 5) is 11.6. The zero-order chi connectivity index (χ0) is 19.1. The van der Waals surface area contributed by atoms with Gasteiger partial charge in [0.1, 0.15) is 5.00 Å². The quantitative estimate of drug-likeness (QED) is 0.573. The minimum atomic E-state index is 0.505. The number of nitrogens with zero attached hydrogens (tertiary/aromatic N) is 7. The number of hydrogen-bond acceptors (Lipinski definition) is 7. The molecule has 4 aromatic heterocycles. The summed E-state index contributed by atoms with van der Waals surface area (Å²) < 4.78 is 8.28. The number of imidazole rings is 1. The third kappa shape index (κ3) is 3.06. The Morgan fingerprint density at radius 1 is 1.18 bits per heavy atom. The van der Waals surface area contributed by atoms with E-state index >= 15 is 0 Å². The van der Waals surface area contributed by atoms with Crippen molar-refractivity contribution in [3.63, 3.8) is 0 Å². The number of likely N-dealkylation sites (N-methyl/N-ethyl adjacent to an activating group) is 1. The molecule has 5 heterocycles. The number of anilines is 2. The lowest BCUT2D eigenvalue weighted by molar-refractivity contribution is 0.251. The summed E-state index contributed by atoms with van der Waals surface area (Å²) in [6, 6.07) is 0. The van der Waals surface area contributed by atoms with Gasteiger partial charge in [0.15, 0.2) is 11.5 Å². The van der Waals surface area contributed by atoms with E-state index in [4.69, 9.17) is 0 Å². The van der Waals surface area contributed by atoms with E-state index in [9.17, 15) is 0 Å². The van der Waals surface area contributed by atoms with Crippen molar-refractivity contribution in [2.45, 2.75) is 18.8 Å². The van der Waals surface area contributed by atoms with Gasteiger partial charge < -0.3 is 10.2 Å². The summed E-state index contributed by atoms with van der Waals surface area (Å²) in [5.41, 5.74) is 4.09. The standard InChI is InChI=1S/C19H22N8S/c1-25-6-3-4-13(11-25)15-9-23-28-19(15)24-17-18-21-10-16(27(18)7-5-20-17)14-8-22-26(2)12-14/h5,7-10,12-13H,3-4,6,11H2,1-2H3,(H,20,24). The average Bonchev–Trinajstić information content (AvgIpc) is 3.41. The van der Waals surface area contributed by atoms with Crippen LogP contribution in [-0.4, -0.2) is 53.6 Å². The molecule has 9 heteroatoms. The van der Waals surface area contributed by atoms with E-state index in [0.29, 0.717) is 5.92 Å². The van der Waals surface area contributed by atoms with E-state index in [1.165, 1.54) is 36.5 Å². The van der Waals surface area contributed by atoms with Crippen LogP contribution in [0.2, 0.25) is 0 Å². The van der Waals surface area contributed by atoms with E-state index in [0.717, 1.165) is 34.3 Å². The number of fused-ring (bicyclic) bond motifs is 1. The zero-order valence-electron chi connectivity index (χ0n) is 15.9. The lowest BCUT2D eigenvalue weighted by atomic mass is 9.93. The molecule has 0 bridgehead atoms. The highest BCUT2D eigenvalue weighted by Gasteiger charge is 2.23. The predicted octanol–water partition coefficient (Wildman–Crippen LogP) is 3.14. The van der Waals surface area contributed by atoms with Crippen LogP contribution in [0.4, 0.5) is 10.8 Å². The van der Waals surface area contributed by atoms with E-state index in [2.05, 4.69) is 36.7 Å². The molecule has 0 amide bonds. The third-order valence-corrected chi connectivity index (χ3v) is 6.05. The summed E-state index contributed by atoms with van der Waals surface area (Å²) in [5.74, 6) is 1.25. The first-order valence-electron chi connectivity index (χ1n) is 9.40. The molecule has 8 nitrogen and oxygen atoms in total. The summed E-state index contributed by atoms with van der Waals surface area (Å²) in [5, 5.41) is 8.83. The number of piperidine rings is 1. The molecule has 0 aliphatic carbocycles. The summed E-state index contributed by atoms with van der Waals surface area (Å²) in [6.45, 7) is 2.24. The maximum atomic E-state index is 4.62. The number of likely N-dealkylation sites (tertiary alicyclic amines) is 1. The minimum absolute atomic E-state index is 0.505. The Morgan fingerprint density at radius 3 is 2.93 bits per heavy atom. The first kappa shape index (κ1) is 17.3. The minimum Gasteiger partial charge on any atom is -0.327 e. The largest absolute Gasteiger partial charge is 0.327 e. The maximum absolute atomic E-state index is 4.62. The van der Waals surface area contributed by atoms with E-state index in [-0.39, 0.29) is 0 Å². The molecule has 0 radical (unpaired) electrons. The van der Waals surface area contributed by atoms with Gasteiger partial charge in [-0.25, -0.2) is 9.97 Å². The number of aryl methyl sites for hydroxylation is 1. The van der Waals surface area contributed by atoms with Crippen LogP contribution in [-0.2, 0) is 7.05 Å². The fraction of sp³-hybridized carbons (Fsp3) is 0.368. The Labute approximate surface area is 167 Å². The van der Waals surface area contributed by atoms with Gasteiger partial charge in [-0.05, 0) is 38.0 Å². The molecular weight excluding hydrogens is 372 g/mol. The van der Waals surface area contributed by atoms with Crippen LogP contribution in [0.15, 0.2) is 37.2 Å². The van der Waals surface area contributed by atoms with Gasteiger partial charge in [-0.2, -0.15) is 9.47 Å². The fourth-order valence-corrected chi connectivity index (χ4v) is 4.67. The summed E-state index contributed by atoms with van der Waals surface area (Å²) in [6.07, 6.45) is 13.8. The van der Waals surface area contributed by atoms with Gasteiger partial charge >= 0.3 is 0 Å². The molecular formula is C19H22N8S. The van der Waals surface area contributed by atoms with Crippen LogP contribution in [0.1, 0.15) is 24.3 Å². The molecule has 1 N–H and O–H groups in total. The average molecular weight is 395 g/mol. The molecule has 4 aromatic rings. The Kier molecular flexibility index (Phi) is 4.33. The topological polar surface area (TPSA) is 76.2 Å². The van der Waals surface area contributed by atoms with Gasteiger partial charge in [0.25, 0.3) is 0 Å². The monoisotopic (exact) mass is 394 g/mol. The second kappa shape index (κ2) is 6.99. The van der Waals surface area contributed by atoms with E-state index < -0.39 is 0 Å². The highest BCUT2D eigenvalue weighted by Crippen LogP contribution is 2.36. The highest BCUT2D eigenvalue weighted by molar-refractivity contribution is 7.10. The van der Waals surface area contributed by atoms with Crippen LogP contribution in [0, 0.1) is 0 Å². The van der Waals surface area contributed by atoms with Crippen molar-refractivity contribution in [3.8, 4) is 11.3 Å². The van der Waals surface area contributed by atoms with Crippen LogP contribution in [0.5, 0.6) is 0 Å². The molecule has 144 valence electrons. The predicted molar refractivity (Wildman–Crippen MR) is 110 cm³/mol. The Bertz CT molecular complexity index is 1110. The van der Waals surface area contributed by atoms with E-state index in [1.54, 1.807) is 10.9 Å². The Hall–Kier alpha value is -2.78. The maximum Gasteiger partial charge on any atom is 0.180 e. The normalized spacial score (nSPS) is 18.0. The molecule has 1 atom stereocenters. The number of nitrogens with one attached hydrogen (secondary N) is 1. The zero-order valence-corrected chi connectivity index (χ0v) is 16.7. The summed E-state index contributed by atoms with van der Waals surface area (Å²) in [7, 11) is 4.10. The Morgan fingerprint density at radius 2 is 2.11 bits per heavy atom. The molecule has 0 spiro atoms. The molecule has 1 aliphatic rings. The van der Waals surface area contributed by atoms with Crippen LogP contribution < -0.4 is 5.32 Å².